The van der Waals surface area contributed by atoms with Crippen molar-refractivity contribution < 1.29 is 27.7 Å². The molecule has 0 aliphatic rings. The Balaban J connectivity index is 1.99. The number of nitrogens with zero attached hydrogens (tertiary/aromatic N) is 2. The Kier molecular flexibility index (Phi) is 7.39. The van der Waals surface area contributed by atoms with Gasteiger partial charge >= 0.3 is 0 Å². The lowest BCUT2D eigenvalue weighted by Crippen LogP contribution is -2.16. The van der Waals surface area contributed by atoms with Gasteiger partial charge in [-0.25, -0.2) is 13.4 Å². The fourth-order valence-corrected chi connectivity index (χ4v) is 3.91. The third-order valence-electron chi connectivity index (χ3n) is 4.64. The first-order valence-electron chi connectivity index (χ1n) is 10.2. The molecule has 0 saturated heterocycles. The van der Waals surface area contributed by atoms with Crippen LogP contribution in [0.4, 0.5) is 5.82 Å². The quantitative estimate of drug-likeness (QED) is 0.482. The highest BCUT2D eigenvalue weighted by molar-refractivity contribution is 7.92. The van der Waals surface area contributed by atoms with E-state index in [1.165, 1.54) is 19.2 Å². The Bertz CT molecular complexity index is 1190. The van der Waals surface area contributed by atoms with Crippen molar-refractivity contribution in [1.82, 2.24) is 9.97 Å². The van der Waals surface area contributed by atoms with E-state index in [-0.39, 0.29) is 41.0 Å². The van der Waals surface area contributed by atoms with E-state index in [0.29, 0.717) is 11.5 Å². The number of methoxy groups -OCH3 is 1. The van der Waals surface area contributed by atoms with Crippen LogP contribution in [-0.2, 0) is 15.4 Å². The predicted octanol–water partition coefficient (Wildman–Crippen LogP) is 3.75. The molecule has 9 nitrogen and oxygen atoms in total. The van der Waals surface area contributed by atoms with Crippen LogP contribution >= 0.6 is 0 Å². The summed E-state index contributed by atoms with van der Waals surface area (Å²) in [7, 11) is -2.52. The van der Waals surface area contributed by atoms with Crippen molar-refractivity contribution in [3.05, 3.63) is 60.4 Å². The summed E-state index contributed by atoms with van der Waals surface area (Å²) in [5.41, 5.74) is 0.889. The van der Waals surface area contributed by atoms with Crippen molar-refractivity contribution in [1.29, 1.82) is 0 Å². The van der Waals surface area contributed by atoms with Crippen LogP contribution in [0.5, 0.6) is 23.1 Å². The van der Waals surface area contributed by atoms with Crippen LogP contribution in [-0.4, -0.2) is 43.8 Å². The summed E-state index contributed by atoms with van der Waals surface area (Å²) in [6.45, 7) is 5.81. The van der Waals surface area contributed by atoms with E-state index in [4.69, 9.17) is 19.3 Å². The second kappa shape index (κ2) is 10.1. The van der Waals surface area contributed by atoms with E-state index < -0.39 is 10.0 Å². The number of aromatic nitrogens is 2. The van der Waals surface area contributed by atoms with Gasteiger partial charge in [-0.1, -0.05) is 45.0 Å². The third-order valence-corrected chi connectivity index (χ3v) is 6.00. The smallest absolute Gasteiger partial charge is 0.263 e. The zero-order chi connectivity index (χ0) is 24.1. The van der Waals surface area contributed by atoms with Gasteiger partial charge in [0, 0.05) is 0 Å². The largest absolute Gasteiger partial charge is 0.493 e. The van der Waals surface area contributed by atoms with Crippen LogP contribution in [0.2, 0.25) is 0 Å². The van der Waals surface area contributed by atoms with Crippen LogP contribution in [0, 0.1) is 0 Å². The highest BCUT2D eigenvalue weighted by Crippen LogP contribution is 2.39. The molecule has 2 aromatic carbocycles. The minimum absolute atomic E-state index is 0.0364. The predicted molar refractivity (Wildman–Crippen MR) is 124 cm³/mol. The van der Waals surface area contributed by atoms with E-state index in [1.54, 1.807) is 36.4 Å². The van der Waals surface area contributed by atoms with Gasteiger partial charge < -0.3 is 19.3 Å². The number of rotatable bonds is 9. The van der Waals surface area contributed by atoms with Gasteiger partial charge in [-0.3, -0.25) is 4.72 Å². The van der Waals surface area contributed by atoms with E-state index in [1.807, 2.05) is 20.8 Å². The molecule has 0 spiro atoms. The Hall–Kier alpha value is -3.37. The fraction of sp³-hybridized carbons (Fsp3) is 0.304. The summed E-state index contributed by atoms with van der Waals surface area (Å²) in [5, 5.41) is 9.13. The van der Waals surface area contributed by atoms with Gasteiger partial charge in [0.1, 0.15) is 12.9 Å². The molecule has 1 aromatic heterocycles. The number of aliphatic hydroxyl groups excluding tert-OH is 1. The number of ether oxygens (including phenoxy) is 3. The maximum absolute atomic E-state index is 13.1. The first-order chi connectivity index (χ1) is 15.7. The number of anilines is 1. The summed E-state index contributed by atoms with van der Waals surface area (Å²) in [5.74, 6) is 0.500. The maximum atomic E-state index is 13.1. The Morgan fingerprint density at radius 1 is 1.00 bits per heavy atom. The first-order valence-corrected chi connectivity index (χ1v) is 11.7. The van der Waals surface area contributed by atoms with E-state index in [9.17, 15) is 8.42 Å². The molecule has 10 heteroatoms. The SMILES string of the molecule is COc1ccccc1Oc1c(NS(=O)(=O)c2ccc(C(C)(C)C)cc2)ncnc1OCCO. The minimum Gasteiger partial charge on any atom is -0.493 e. The number of sulfonamides is 1. The molecular weight excluding hydrogens is 446 g/mol. The van der Waals surface area contributed by atoms with Crippen LogP contribution in [0.25, 0.3) is 0 Å². The van der Waals surface area contributed by atoms with Crippen LogP contribution in [0.3, 0.4) is 0 Å². The average molecular weight is 474 g/mol. The topological polar surface area (TPSA) is 120 Å². The molecule has 0 unspecified atom stereocenters. The van der Waals surface area contributed by atoms with E-state index in [0.717, 1.165) is 11.9 Å². The van der Waals surface area contributed by atoms with Crippen LogP contribution < -0.4 is 18.9 Å². The minimum atomic E-state index is -4.00. The van der Waals surface area contributed by atoms with Gasteiger partial charge in [-0.05, 0) is 35.2 Å². The molecule has 33 heavy (non-hydrogen) atoms. The summed E-state index contributed by atoms with van der Waals surface area (Å²) in [6.07, 6.45) is 1.14. The summed E-state index contributed by atoms with van der Waals surface area (Å²) < 4.78 is 45.3. The second-order valence-corrected chi connectivity index (χ2v) is 9.74. The van der Waals surface area contributed by atoms with Gasteiger partial charge in [0.05, 0.1) is 18.6 Å². The van der Waals surface area contributed by atoms with Crippen LogP contribution in [0.1, 0.15) is 26.3 Å². The lowest BCUT2D eigenvalue weighted by molar-refractivity contribution is 0.192. The number of hydrogen-bond acceptors (Lipinski definition) is 8. The standard InChI is InChI=1S/C23H27N3O6S/c1-23(2,3)16-9-11-17(12-10-16)33(28,29)26-21-20(22(25-15-24-21)31-14-13-27)32-19-8-6-5-7-18(19)30-4/h5-12,15,27H,13-14H2,1-4H3,(H,24,25,26). The monoisotopic (exact) mass is 473 g/mol. The number of benzene rings is 2. The lowest BCUT2D eigenvalue weighted by Gasteiger charge is -2.19. The van der Waals surface area contributed by atoms with Crippen LogP contribution in [0.15, 0.2) is 59.8 Å². The zero-order valence-electron chi connectivity index (χ0n) is 18.9. The summed E-state index contributed by atoms with van der Waals surface area (Å²) >= 11 is 0. The number of hydrogen-bond donors (Lipinski definition) is 2. The van der Waals surface area contributed by atoms with Crippen molar-refractivity contribution >= 4 is 15.8 Å². The van der Waals surface area contributed by atoms with Crippen molar-refractivity contribution in [3.8, 4) is 23.1 Å². The second-order valence-electron chi connectivity index (χ2n) is 8.06. The molecule has 0 bridgehead atoms. The number of nitrogens with one attached hydrogen (secondary N) is 1. The number of aliphatic hydroxyl groups is 1. The Labute approximate surface area is 193 Å². The molecule has 0 aliphatic carbocycles. The van der Waals surface area contributed by atoms with Crippen molar-refractivity contribution in [2.75, 3.05) is 25.0 Å². The maximum Gasteiger partial charge on any atom is 0.263 e. The molecule has 1 heterocycles. The summed E-state index contributed by atoms with van der Waals surface area (Å²) in [6, 6.07) is 13.5. The van der Waals surface area contributed by atoms with Gasteiger partial charge in [0.2, 0.25) is 5.75 Å². The molecule has 176 valence electrons. The molecular formula is C23H27N3O6S. The van der Waals surface area contributed by atoms with Gasteiger partial charge in [0.25, 0.3) is 15.9 Å². The molecule has 0 atom stereocenters. The molecule has 2 N–H and O–H groups in total. The highest BCUT2D eigenvalue weighted by atomic mass is 32.2. The third kappa shape index (κ3) is 5.91. The Morgan fingerprint density at radius 2 is 1.67 bits per heavy atom. The number of para-hydroxylation sites is 2. The zero-order valence-corrected chi connectivity index (χ0v) is 19.7. The molecule has 0 aliphatic heterocycles. The lowest BCUT2D eigenvalue weighted by atomic mass is 9.87. The van der Waals surface area contributed by atoms with Gasteiger partial charge in [-0.2, -0.15) is 4.98 Å². The van der Waals surface area contributed by atoms with E-state index >= 15 is 0 Å². The molecule has 0 fully saturated rings. The molecule has 0 saturated carbocycles. The van der Waals surface area contributed by atoms with E-state index in [2.05, 4.69) is 14.7 Å². The Morgan fingerprint density at radius 3 is 2.27 bits per heavy atom. The highest BCUT2D eigenvalue weighted by Gasteiger charge is 2.24. The molecule has 0 amide bonds. The summed E-state index contributed by atoms with van der Waals surface area (Å²) in [4.78, 5) is 8.15. The molecule has 3 rings (SSSR count). The average Bonchev–Trinajstić information content (AvgIpc) is 2.79. The molecule has 3 aromatic rings. The molecule has 0 radical (unpaired) electrons. The normalized spacial score (nSPS) is 11.7. The van der Waals surface area contributed by atoms with Crippen molar-refractivity contribution in [2.24, 2.45) is 0 Å². The van der Waals surface area contributed by atoms with Crippen molar-refractivity contribution in [3.63, 3.8) is 0 Å². The van der Waals surface area contributed by atoms with Crippen molar-refractivity contribution in [2.45, 2.75) is 31.1 Å². The van der Waals surface area contributed by atoms with Gasteiger partial charge in [-0.15, -0.1) is 0 Å². The first kappa shape index (κ1) is 24.3. The van der Waals surface area contributed by atoms with Gasteiger partial charge in [0.15, 0.2) is 17.3 Å². The fourth-order valence-electron chi connectivity index (χ4n) is 2.90.